The SMILES string of the molecule is CCCCCCC1C=CC(C(CCCCCC)C(=O)O)C(C(=O)O)C1.CCCCCCC1C=CC(C(CCCCCC)C(=O)O)CC1C(=O)O.[Na]. The number of unbranched alkanes of at least 4 members (excludes halogenated alkanes) is 12. The quantitative estimate of drug-likeness (QED) is 0.0391. The molecule has 0 aliphatic heterocycles. The van der Waals surface area contributed by atoms with Crippen LogP contribution in [-0.4, -0.2) is 73.9 Å². The predicted molar refractivity (Wildman–Crippen MR) is 207 cm³/mol. The van der Waals surface area contributed by atoms with Gasteiger partial charge in [-0.15, -0.1) is 0 Å². The third kappa shape index (κ3) is 19.9. The molecule has 289 valence electrons. The number of carbonyl (C=O) groups is 4. The van der Waals surface area contributed by atoms with E-state index in [-0.39, 0.29) is 53.2 Å². The van der Waals surface area contributed by atoms with E-state index in [1.165, 1.54) is 32.1 Å². The van der Waals surface area contributed by atoms with Crippen LogP contribution in [0.25, 0.3) is 0 Å². The summed E-state index contributed by atoms with van der Waals surface area (Å²) in [5.41, 5.74) is 0. The Kier molecular flexibility index (Phi) is 28.8. The molecule has 8 atom stereocenters. The van der Waals surface area contributed by atoms with Gasteiger partial charge in [0.05, 0.1) is 23.7 Å². The average Bonchev–Trinajstić information content (AvgIpc) is 3.08. The van der Waals surface area contributed by atoms with Gasteiger partial charge in [-0.1, -0.05) is 155 Å². The Morgan fingerprint density at radius 1 is 0.529 bits per heavy atom. The van der Waals surface area contributed by atoms with Gasteiger partial charge in [-0.05, 0) is 56.3 Å². The number of carboxylic acids is 4. The van der Waals surface area contributed by atoms with Gasteiger partial charge in [0.25, 0.3) is 0 Å². The van der Waals surface area contributed by atoms with E-state index in [0.717, 1.165) is 83.5 Å². The first-order chi connectivity index (χ1) is 24.0. The molecule has 0 heterocycles. The first-order valence-electron chi connectivity index (χ1n) is 20.3. The zero-order chi connectivity index (χ0) is 37.3. The zero-order valence-corrected chi connectivity index (χ0v) is 34.9. The second kappa shape index (κ2) is 29.8. The van der Waals surface area contributed by atoms with Crippen LogP contribution in [0.15, 0.2) is 24.3 Å². The number of carboxylic acid groups (broad SMARTS) is 4. The minimum Gasteiger partial charge on any atom is -0.481 e. The number of allylic oxidation sites excluding steroid dienone is 4. The summed E-state index contributed by atoms with van der Waals surface area (Å²) in [5, 5.41) is 38.5. The van der Waals surface area contributed by atoms with Crippen molar-refractivity contribution in [1.29, 1.82) is 0 Å². The monoisotopic (exact) mass is 728 g/mol. The molecule has 0 spiro atoms. The molecule has 2 aliphatic rings. The van der Waals surface area contributed by atoms with Crippen molar-refractivity contribution in [3.63, 3.8) is 0 Å². The van der Waals surface area contributed by atoms with Crippen LogP contribution in [0.5, 0.6) is 0 Å². The van der Waals surface area contributed by atoms with E-state index in [2.05, 4.69) is 33.8 Å². The van der Waals surface area contributed by atoms with Gasteiger partial charge in [-0.3, -0.25) is 19.2 Å². The first kappa shape index (κ1) is 49.4. The van der Waals surface area contributed by atoms with Gasteiger partial charge < -0.3 is 20.4 Å². The molecule has 0 bridgehead atoms. The molecule has 8 unspecified atom stereocenters. The fourth-order valence-electron chi connectivity index (χ4n) is 7.94. The van der Waals surface area contributed by atoms with Gasteiger partial charge in [0.2, 0.25) is 0 Å². The van der Waals surface area contributed by atoms with Crippen molar-refractivity contribution in [1.82, 2.24) is 0 Å². The first-order valence-corrected chi connectivity index (χ1v) is 20.3. The van der Waals surface area contributed by atoms with Crippen LogP contribution in [0.3, 0.4) is 0 Å². The molecule has 4 N–H and O–H groups in total. The predicted octanol–water partition coefficient (Wildman–Crippen LogP) is 10.7. The number of rotatable bonds is 26. The molecule has 0 saturated heterocycles. The summed E-state index contributed by atoms with van der Waals surface area (Å²) >= 11 is 0. The minimum atomic E-state index is -0.848. The summed E-state index contributed by atoms with van der Waals surface area (Å²) in [6.07, 6.45) is 29.8. The standard InChI is InChI=1S/2C21H36O4.Na/c1-3-5-7-9-11-16-13-14-17(15-19(16)21(24)25)18(20(22)23)12-10-8-6-4-2;1-3-5-7-9-11-16-13-14-17(19(15-16)21(24)25)18(20(22)23)12-10-8-6-4-2;/h2*13-14,16-19H,3-12,15H2,1-2H3,(H,22,23)(H,24,25);. The van der Waals surface area contributed by atoms with Crippen molar-refractivity contribution >= 4 is 53.4 Å². The van der Waals surface area contributed by atoms with Gasteiger partial charge >= 0.3 is 23.9 Å². The van der Waals surface area contributed by atoms with Crippen LogP contribution in [0.2, 0.25) is 0 Å². The van der Waals surface area contributed by atoms with Gasteiger partial charge in [0.1, 0.15) is 0 Å². The Morgan fingerprint density at radius 2 is 1.00 bits per heavy atom. The van der Waals surface area contributed by atoms with Gasteiger partial charge in [0.15, 0.2) is 0 Å². The second-order valence-corrected chi connectivity index (χ2v) is 15.1. The molecule has 0 amide bonds. The summed E-state index contributed by atoms with van der Waals surface area (Å²) in [4.78, 5) is 46.9. The molecule has 8 nitrogen and oxygen atoms in total. The zero-order valence-electron chi connectivity index (χ0n) is 32.9. The molecular weight excluding hydrogens is 655 g/mol. The van der Waals surface area contributed by atoms with Crippen LogP contribution in [0.1, 0.15) is 169 Å². The largest absolute Gasteiger partial charge is 0.481 e. The molecule has 2 rings (SSSR count). The summed E-state index contributed by atoms with van der Waals surface area (Å²) in [7, 11) is 0. The van der Waals surface area contributed by atoms with Crippen molar-refractivity contribution in [3.8, 4) is 0 Å². The van der Waals surface area contributed by atoms with E-state index >= 15 is 0 Å². The molecular formula is C42H72NaO8. The molecule has 2 aliphatic carbocycles. The molecule has 0 aromatic rings. The van der Waals surface area contributed by atoms with E-state index < -0.39 is 47.5 Å². The van der Waals surface area contributed by atoms with E-state index in [0.29, 0.717) is 25.7 Å². The van der Waals surface area contributed by atoms with Crippen LogP contribution >= 0.6 is 0 Å². The summed E-state index contributed by atoms with van der Waals surface area (Å²) in [6.45, 7) is 8.60. The normalized spacial score (nSPS) is 23.7. The number of hydrogen-bond donors (Lipinski definition) is 4. The summed E-state index contributed by atoms with van der Waals surface area (Å²) in [6, 6.07) is 0. The Morgan fingerprint density at radius 3 is 1.47 bits per heavy atom. The molecule has 0 aromatic carbocycles. The fourth-order valence-corrected chi connectivity index (χ4v) is 7.94. The summed E-state index contributed by atoms with van der Waals surface area (Å²) in [5.74, 6) is -5.44. The van der Waals surface area contributed by atoms with E-state index in [9.17, 15) is 39.6 Å². The minimum absolute atomic E-state index is 0. The maximum absolute atomic E-state index is 11.8. The average molecular weight is 728 g/mol. The van der Waals surface area contributed by atoms with Crippen molar-refractivity contribution < 1.29 is 39.6 Å². The number of aliphatic carboxylic acids is 4. The topological polar surface area (TPSA) is 149 Å². The molecule has 0 aromatic heterocycles. The molecule has 0 fully saturated rings. The van der Waals surface area contributed by atoms with Crippen LogP contribution in [0.4, 0.5) is 0 Å². The van der Waals surface area contributed by atoms with Crippen molar-refractivity contribution in [2.45, 2.75) is 169 Å². The Hall–Kier alpha value is -1.64. The van der Waals surface area contributed by atoms with E-state index in [1.54, 1.807) is 0 Å². The van der Waals surface area contributed by atoms with E-state index in [1.807, 2.05) is 18.2 Å². The second-order valence-electron chi connectivity index (χ2n) is 15.1. The molecule has 1 radical (unpaired) electrons. The van der Waals surface area contributed by atoms with Crippen molar-refractivity contribution in [3.05, 3.63) is 24.3 Å². The van der Waals surface area contributed by atoms with Gasteiger partial charge in [-0.2, -0.15) is 0 Å². The fraction of sp³-hybridized carbons (Fsp3) is 0.810. The van der Waals surface area contributed by atoms with E-state index in [4.69, 9.17) is 0 Å². The molecule has 9 heteroatoms. The molecule has 51 heavy (non-hydrogen) atoms. The van der Waals surface area contributed by atoms with Crippen LogP contribution in [-0.2, 0) is 19.2 Å². The van der Waals surface area contributed by atoms with Crippen molar-refractivity contribution in [2.75, 3.05) is 0 Å². The Balaban J connectivity index is 0.000000962. The third-order valence-corrected chi connectivity index (χ3v) is 11.1. The van der Waals surface area contributed by atoms with Crippen LogP contribution in [0, 0.1) is 47.3 Å². The Labute approximate surface area is 332 Å². The third-order valence-electron chi connectivity index (χ3n) is 11.1. The van der Waals surface area contributed by atoms with Gasteiger partial charge in [0, 0.05) is 35.5 Å². The smallest absolute Gasteiger partial charge is 0.307 e. The van der Waals surface area contributed by atoms with Crippen molar-refractivity contribution in [2.24, 2.45) is 47.3 Å². The van der Waals surface area contributed by atoms with Gasteiger partial charge in [-0.25, -0.2) is 0 Å². The summed E-state index contributed by atoms with van der Waals surface area (Å²) < 4.78 is 0. The Bertz CT molecular complexity index is 1030. The maximum atomic E-state index is 11.8. The number of hydrogen-bond acceptors (Lipinski definition) is 4. The van der Waals surface area contributed by atoms with Crippen LogP contribution < -0.4 is 0 Å². The molecule has 0 saturated carbocycles. The maximum Gasteiger partial charge on any atom is 0.307 e.